The summed E-state index contributed by atoms with van der Waals surface area (Å²) in [4.78, 5) is 0. The second kappa shape index (κ2) is 6.02. The molecule has 3 unspecified atom stereocenters. The molecule has 1 aromatic heterocycles. The van der Waals surface area contributed by atoms with E-state index in [0.29, 0.717) is 20.6 Å². The summed E-state index contributed by atoms with van der Waals surface area (Å²) in [5, 5.41) is 0.440. The molecule has 1 N–H and O–H groups in total. The van der Waals surface area contributed by atoms with E-state index in [4.69, 9.17) is 11.6 Å². The summed E-state index contributed by atoms with van der Waals surface area (Å²) < 4.78 is 28.4. The first-order chi connectivity index (χ1) is 8.79. The molecule has 1 aliphatic carbocycles. The molecule has 108 valence electrons. The van der Waals surface area contributed by atoms with E-state index in [1.807, 2.05) is 0 Å². The van der Waals surface area contributed by atoms with E-state index in [9.17, 15) is 8.42 Å². The third kappa shape index (κ3) is 3.73. The average Bonchev–Trinajstić information content (AvgIpc) is 2.64. The summed E-state index contributed by atoms with van der Waals surface area (Å²) in [6, 6.07) is 1.52. The zero-order valence-corrected chi connectivity index (χ0v) is 14.8. The lowest BCUT2D eigenvalue weighted by molar-refractivity contribution is 0.249. The molecule has 0 aliphatic heterocycles. The third-order valence-corrected chi connectivity index (χ3v) is 8.06. The normalized spacial score (nSPS) is 28.5. The van der Waals surface area contributed by atoms with Gasteiger partial charge in [0, 0.05) is 6.04 Å². The van der Waals surface area contributed by atoms with Crippen LogP contribution in [0.3, 0.4) is 0 Å². The Bertz CT molecular complexity index is 539. The van der Waals surface area contributed by atoms with Crippen molar-refractivity contribution in [2.24, 2.45) is 11.8 Å². The zero-order chi connectivity index (χ0) is 14.2. The molecule has 1 fully saturated rings. The number of hydrogen-bond acceptors (Lipinski definition) is 3. The highest BCUT2D eigenvalue weighted by Crippen LogP contribution is 2.35. The molecule has 19 heavy (non-hydrogen) atoms. The maximum atomic E-state index is 12.3. The zero-order valence-electron chi connectivity index (χ0n) is 10.8. The van der Waals surface area contributed by atoms with Crippen molar-refractivity contribution in [3.63, 3.8) is 0 Å². The van der Waals surface area contributed by atoms with Crippen molar-refractivity contribution < 1.29 is 8.42 Å². The van der Waals surface area contributed by atoms with E-state index >= 15 is 0 Å². The van der Waals surface area contributed by atoms with Crippen molar-refractivity contribution in [3.05, 3.63) is 14.9 Å². The molecule has 0 bridgehead atoms. The molecule has 0 radical (unpaired) electrons. The summed E-state index contributed by atoms with van der Waals surface area (Å²) in [6.45, 7) is 4.33. The van der Waals surface area contributed by atoms with Gasteiger partial charge in [0.15, 0.2) is 0 Å². The summed E-state index contributed by atoms with van der Waals surface area (Å²) in [7, 11) is -3.46. The van der Waals surface area contributed by atoms with Crippen molar-refractivity contribution in [2.45, 2.75) is 43.4 Å². The minimum atomic E-state index is -3.46. The van der Waals surface area contributed by atoms with Gasteiger partial charge in [-0.3, -0.25) is 0 Å². The molecule has 1 aliphatic rings. The molecule has 7 heteroatoms. The lowest BCUT2D eigenvalue weighted by atomic mass is 9.80. The lowest BCUT2D eigenvalue weighted by Gasteiger charge is -2.32. The van der Waals surface area contributed by atoms with E-state index in [1.54, 1.807) is 0 Å². The Balaban J connectivity index is 2.13. The highest BCUT2D eigenvalue weighted by molar-refractivity contribution is 9.11. The second-order valence-corrected chi connectivity index (χ2v) is 10.0. The van der Waals surface area contributed by atoms with E-state index in [1.165, 1.54) is 6.07 Å². The van der Waals surface area contributed by atoms with Crippen LogP contribution in [0.4, 0.5) is 0 Å². The van der Waals surface area contributed by atoms with Gasteiger partial charge >= 0.3 is 0 Å². The van der Waals surface area contributed by atoms with Crippen LogP contribution in [0, 0.1) is 11.8 Å². The Morgan fingerprint density at radius 2 is 2.11 bits per heavy atom. The van der Waals surface area contributed by atoms with Gasteiger partial charge in [0.1, 0.15) is 4.21 Å². The van der Waals surface area contributed by atoms with Crippen molar-refractivity contribution in [3.8, 4) is 0 Å². The first kappa shape index (κ1) is 15.8. The molecule has 3 atom stereocenters. The lowest BCUT2D eigenvalue weighted by Crippen LogP contribution is -2.42. The van der Waals surface area contributed by atoms with Crippen molar-refractivity contribution >= 4 is 48.9 Å². The summed E-state index contributed by atoms with van der Waals surface area (Å²) >= 11 is 10.3. The van der Waals surface area contributed by atoms with Crippen LogP contribution < -0.4 is 4.72 Å². The number of rotatable bonds is 3. The van der Waals surface area contributed by atoms with Crippen LogP contribution in [0.25, 0.3) is 0 Å². The largest absolute Gasteiger partial charge is 0.250 e. The quantitative estimate of drug-likeness (QED) is 0.843. The molecule has 1 heterocycles. The van der Waals surface area contributed by atoms with Crippen LogP contribution in [-0.2, 0) is 10.0 Å². The highest BCUT2D eigenvalue weighted by Gasteiger charge is 2.30. The van der Waals surface area contributed by atoms with Crippen LogP contribution in [0.1, 0.15) is 33.1 Å². The van der Waals surface area contributed by atoms with Crippen LogP contribution in [0.2, 0.25) is 5.02 Å². The molecular formula is C12H17BrClNO2S2. The van der Waals surface area contributed by atoms with Crippen molar-refractivity contribution in [1.29, 1.82) is 0 Å². The Morgan fingerprint density at radius 3 is 2.63 bits per heavy atom. The summed E-state index contributed by atoms with van der Waals surface area (Å²) in [5.74, 6) is 1.05. The minimum absolute atomic E-state index is 0.0286. The molecule has 0 aromatic carbocycles. The van der Waals surface area contributed by atoms with E-state index in [-0.39, 0.29) is 10.3 Å². The van der Waals surface area contributed by atoms with Gasteiger partial charge in [-0.05, 0) is 53.1 Å². The molecule has 1 aromatic rings. The predicted octanol–water partition coefficient (Wildman–Crippen LogP) is 4.27. The Morgan fingerprint density at radius 1 is 1.42 bits per heavy atom. The Hall–Kier alpha value is 0.380. The van der Waals surface area contributed by atoms with E-state index in [2.05, 4.69) is 34.5 Å². The van der Waals surface area contributed by atoms with Gasteiger partial charge in [-0.1, -0.05) is 25.4 Å². The fourth-order valence-electron chi connectivity index (χ4n) is 2.56. The topological polar surface area (TPSA) is 46.2 Å². The molecule has 0 saturated heterocycles. The fraction of sp³-hybridized carbons (Fsp3) is 0.667. The molecule has 2 rings (SSSR count). The van der Waals surface area contributed by atoms with Gasteiger partial charge < -0.3 is 0 Å². The number of thiophene rings is 1. The number of nitrogens with one attached hydrogen (secondary N) is 1. The third-order valence-electron chi connectivity index (χ3n) is 3.63. The van der Waals surface area contributed by atoms with Crippen LogP contribution in [-0.4, -0.2) is 14.5 Å². The number of sulfonamides is 1. The predicted molar refractivity (Wildman–Crippen MR) is 83.3 cm³/mol. The molecular weight excluding hydrogens is 370 g/mol. The standard InChI is InChI=1S/C12H17BrClNO2S2/c1-7-3-4-10(8(2)5-7)15-19(16,17)11-6-9(14)12(13)18-11/h6-8,10,15H,3-5H2,1-2H3. The smallest absolute Gasteiger partial charge is 0.207 e. The molecule has 0 amide bonds. The van der Waals surface area contributed by atoms with Crippen LogP contribution in [0.5, 0.6) is 0 Å². The molecule has 0 spiro atoms. The first-order valence-corrected chi connectivity index (χ1v) is 9.74. The first-order valence-electron chi connectivity index (χ1n) is 6.26. The van der Waals surface area contributed by atoms with Gasteiger partial charge in [0.25, 0.3) is 0 Å². The maximum absolute atomic E-state index is 12.3. The molecule has 1 saturated carbocycles. The number of halogens is 2. The van der Waals surface area contributed by atoms with Crippen LogP contribution >= 0.6 is 38.9 Å². The van der Waals surface area contributed by atoms with Gasteiger partial charge in [0.05, 0.1) is 8.81 Å². The second-order valence-electron chi connectivity index (χ2n) is 5.31. The van der Waals surface area contributed by atoms with Gasteiger partial charge in [-0.2, -0.15) is 0 Å². The fourth-order valence-corrected chi connectivity index (χ4v) is 6.35. The highest BCUT2D eigenvalue weighted by atomic mass is 79.9. The minimum Gasteiger partial charge on any atom is -0.207 e. The van der Waals surface area contributed by atoms with Crippen LogP contribution in [0.15, 0.2) is 14.1 Å². The van der Waals surface area contributed by atoms with Gasteiger partial charge in [0.2, 0.25) is 10.0 Å². The Kier molecular flexibility index (Phi) is 4.99. The number of hydrogen-bond donors (Lipinski definition) is 1. The monoisotopic (exact) mass is 385 g/mol. The average molecular weight is 387 g/mol. The van der Waals surface area contributed by atoms with Gasteiger partial charge in [-0.25, -0.2) is 13.1 Å². The molecule has 3 nitrogen and oxygen atoms in total. The van der Waals surface area contributed by atoms with Crippen molar-refractivity contribution in [1.82, 2.24) is 4.72 Å². The summed E-state index contributed by atoms with van der Waals surface area (Å²) in [5.41, 5.74) is 0. The van der Waals surface area contributed by atoms with Crippen molar-refractivity contribution in [2.75, 3.05) is 0 Å². The van der Waals surface area contributed by atoms with Gasteiger partial charge in [-0.15, -0.1) is 11.3 Å². The van der Waals surface area contributed by atoms with E-state index in [0.717, 1.165) is 30.6 Å². The summed E-state index contributed by atoms with van der Waals surface area (Å²) in [6.07, 6.45) is 3.05. The SMILES string of the molecule is CC1CCC(NS(=O)(=O)c2cc(Cl)c(Br)s2)C(C)C1. The maximum Gasteiger partial charge on any atom is 0.250 e. The Labute approximate surface area is 131 Å². The van der Waals surface area contributed by atoms with E-state index < -0.39 is 10.0 Å².